The first kappa shape index (κ1) is 10.6. The highest BCUT2D eigenvalue weighted by atomic mass is 79.9. The first-order valence-corrected chi connectivity index (χ1v) is 5.71. The van der Waals surface area contributed by atoms with Crippen LogP contribution >= 0.6 is 31.9 Å². The molecule has 6 heteroatoms. The summed E-state index contributed by atoms with van der Waals surface area (Å²) in [6.45, 7) is 0. The van der Waals surface area contributed by atoms with E-state index in [2.05, 4.69) is 41.8 Å². The predicted molar refractivity (Wildman–Crippen MR) is 62.8 cm³/mol. The molecule has 1 aromatic heterocycles. The van der Waals surface area contributed by atoms with E-state index in [1.54, 1.807) is 6.07 Å². The number of carboxylic acids is 1. The SMILES string of the molecule is O=C(O)Cc1ccc2[nH]c(Br)nc2c1Br. The smallest absolute Gasteiger partial charge is 0.307 e. The largest absolute Gasteiger partial charge is 0.481 e. The maximum Gasteiger partial charge on any atom is 0.307 e. The van der Waals surface area contributed by atoms with Gasteiger partial charge in [-0.15, -0.1) is 0 Å². The van der Waals surface area contributed by atoms with Crippen molar-refractivity contribution >= 4 is 48.9 Å². The van der Waals surface area contributed by atoms with Gasteiger partial charge >= 0.3 is 5.97 Å². The topological polar surface area (TPSA) is 66.0 Å². The summed E-state index contributed by atoms with van der Waals surface area (Å²) in [5.74, 6) is -0.857. The van der Waals surface area contributed by atoms with Crippen LogP contribution in [0.4, 0.5) is 0 Å². The Morgan fingerprint density at radius 2 is 2.20 bits per heavy atom. The fourth-order valence-corrected chi connectivity index (χ4v) is 2.32. The highest BCUT2D eigenvalue weighted by molar-refractivity contribution is 9.11. The van der Waals surface area contributed by atoms with Crippen molar-refractivity contribution in [1.29, 1.82) is 0 Å². The Balaban J connectivity index is 2.58. The monoisotopic (exact) mass is 332 g/mol. The second-order valence-electron chi connectivity index (χ2n) is 3.03. The van der Waals surface area contributed by atoms with Gasteiger partial charge < -0.3 is 10.1 Å². The number of H-pyrrole nitrogens is 1. The molecule has 0 aliphatic rings. The molecule has 2 rings (SSSR count). The van der Waals surface area contributed by atoms with Crippen molar-refractivity contribution in [3.05, 3.63) is 26.9 Å². The molecule has 2 aromatic rings. The molecule has 0 unspecified atom stereocenters. The van der Waals surface area contributed by atoms with Crippen molar-refractivity contribution < 1.29 is 9.90 Å². The number of carboxylic acid groups (broad SMARTS) is 1. The third-order valence-electron chi connectivity index (χ3n) is 1.99. The number of nitrogens with zero attached hydrogens (tertiary/aromatic N) is 1. The number of aromatic nitrogens is 2. The predicted octanol–water partition coefficient (Wildman–Crippen LogP) is 2.72. The Morgan fingerprint density at radius 1 is 1.47 bits per heavy atom. The lowest BCUT2D eigenvalue weighted by molar-refractivity contribution is -0.136. The van der Waals surface area contributed by atoms with Crippen molar-refractivity contribution in [1.82, 2.24) is 9.97 Å². The van der Waals surface area contributed by atoms with Crippen molar-refractivity contribution in [2.24, 2.45) is 0 Å². The highest BCUT2D eigenvalue weighted by Gasteiger charge is 2.11. The average molecular weight is 334 g/mol. The number of hydrogen-bond donors (Lipinski definition) is 2. The zero-order valence-corrected chi connectivity index (χ0v) is 10.6. The van der Waals surface area contributed by atoms with Crippen LogP contribution in [0.5, 0.6) is 0 Å². The minimum absolute atomic E-state index is 0.0129. The van der Waals surface area contributed by atoms with Crippen LogP contribution in [0.3, 0.4) is 0 Å². The second kappa shape index (κ2) is 3.94. The fraction of sp³-hybridized carbons (Fsp3) is 0.111. The minimum Gasteiger partial charge on any atom is -0.481 e. The van der Waals surface area contributed by atoms with Gasteiger partial charge in [-0.2, -0.15) is 0 Å². The Hall–Kier alpha value is -0.880. The van der Waals surface area contributed by atoms with Gasteiger partial charge in [0, 0.05) is 4.47 Å². The van der Waals surface area contributed by atoms with E-state index in [0.717, 1.165) is 15.5 Å². The number of halogens is 2. The Kier molecular flexibility index (Phi) is 2.79. The molecule has 78 valence electrons. The summed E-state index contributed by atoms with van der Waals surface area (Å²) in [7, 11) is 0. The molecule has 0 saturated heterocycles. The van der Waals surface area contributed by atoms with Crippen LogP contribution in [0.15, 0.2) is 21.3 Å². The van der Waals surface area contributed by atoms with Crippen molar-refractivity contribution in [3.63, 3.8) is 0 Å². The lowest BCUT2D eigenvalue weighted by atomic mass is 10.1. The van der Waals surface area contributed by atoms with Crippen LogP contribution in [0.25, 0.3) is 11.0 Å². The zero-order chi connectivity index (χ0) is 11.0. The first-order valence-electron chi connectivity index (χ1n) is 4.12. The highest BCUT2D eigenvalue weighted by Crippen LogP contribution is 2.27. The normalized spacial score (nSPS) is 10.8. The van der Waals surface area contributed by atoms with Gasteiger partial charge in [-0.05, 0) is 43.5 Å². The van der Waals surface area contributed by atoms with Crippen LogP contribution in [0.1, 0.15) is 5.56 Å². The van der Waals surface area contributed by atoms with Crippen LogP contribution in [0.2, 0.25) is 0 Å². The number of benzene rings is 1. The number of nitrogens with one attached hydrogen (secondary N) is 1. The van der Waals surface area contributed by atoms with Crippen LogP contribution in [-0.4, -0.2) is 21.0 Å². The lowest BCUT2D eigenvalue weighted by Gasteiger charge is -2.01. The number of imidazole rings is 1. The maximum atomic E-state index is 10.6. The summed E-state index contributed by atoms with van der Waals surface area (Å²) < 4.78 is 1.36. The molecular weight excluding hydrogens is 328 g/mol. The van der Waals surface area contributed by atoms with Gasteiger partial charge in [0.15, 0.2) is 4.73 Å². The van der Waals surface area contributed by atoms with E-state index in [0.29, 0.717) is 10.3 Å². The maximum absolute atomic E-state index is 10.6. The molecular formula is C9H6Br2N2O2. The van der Waals surface area contributed by atoms with Gasteiger partial charge in [0.05, 0.1) is 11.9 Å². The number of aliphatic carboxylic acids is 1. The number of hydrogen-bond acceptors (Lipinski definition) is 2. The number of rotatable bonds is 2. The molecule has 0 fully saturated rings. The molecule has 2 N–H and O–H groups in total. The third kappa shape index (κ3) is 2.05. The van der Waals surface area contributed by atoms with Crippen molar-refractivity contribution in [2.75, 3.05) is 0 Å². The van der Waals surface area contributed by atoms with Crippen LogP contribution in [-0.2, 0) is 11.2 Å². The minimum atomic E-state index is -0.857. The van der Waals surface area contributed by atoms with E-state index >= 15 is 0 Å². The average Bonchev–Trinajstić information content (AvgIpc) is 2.51. The Bertz CT molecular complexity index is 536. The van der Waals surface area contributed by atoms with Crippen LogP contribution in [0, 0.1) is 0 Å². The summed E-state index contributed by atoms with van der Waals surface area (Å²) in [6, 6.07) is 3.58. The molecule has 0 saturated carbocycles. The van der Waals surface area contributed by atoms with Gasteiger partial charge in [0.2, 0.25) is 0 Å². The van der Waals surface area contributed by atoms with Crippen molar-refractivity contribution in [2.45, 2.75) is 6.42 Å². The molecule has 0 radical (unpaired) electrons. The van der Waals surface area contributed by atoms with E-state index in [1.165, 1.54) is 0 Å². The molecule has 1 heterocycles. The standard InChI is InChI=1S/C9H6Br2N2O2/c10-7-4(3-6(14)15)1-2-5-8(7)13-9(11)12-5/h1-2H,3H2,(H,12,13)(H,14,15). The first-order chi connectivity index (χ1) is 7.08. The summed E-state index contributed by atoms with van der Waals surface area (Å²) in [4.78, 5) is 17.8. The second-order valence-corrected chi connectivity index (χ2v) is 4.58. The summed E-state index contributed by atoms with van der Waals surface area (Å²) in [5.41, 5.74) is 2.32. The van der Waals surface area contributed by atoms with Gasteiger partial charge in [0.1, 0.15) is 5.52 Å². The lowest BCUT2D eigenvalue weighted by Crippen LogP contribution is -2.00. The number of carbonyl (C=O) groups is 1. The molecule has 4 nitrogen and oxygen atoms in total. The third-order valence-corrected chi connectivity index (χ3v) is 3.25. The Labute approximate surface area is 102 Å². The van der Waals surface area contributed by atoms with E-state index < -0.39 is 5.97 Å². The van der Waals surface area contributed by atoms with E-state index in [4.69, 9.17) is 5.11 Å². The molecule has 1 aromatic carbocycles. The summed E-state index contributed by atoms with van der Waals surface area (Å²) in [5, 5.41) is 8.71. The van der Waals surface area contributed by atoms with E-state index in [9.17, 15) is 4.79 Å². The summed E-state index contributed by atoms with van der Waals surface area (Å²) >= 11 is 6.59. The molecule has 0 amide bonds. The van der Waals surface area contributed by atoms with Gasteiger partial charge in [0.25, 0.3) is 0 Å². The van der Waals surface area contributed by atoms with Crippen molar-refractivity contribution in [3.8, 4) is 0 Å². The molecule has 0 aliphatic carbocycles. The number of fused-ring (bicyclic) bond motifs is 1. The Morgan fingerprint density at radius 3 is 2.87 bits per heavy atom. The quantitative estimate of drug-likeness (QED) is 0.888. The fourth-order valence-electron chi connectivity index (χ4n) is 1.35. The van der Waals surface area contributed by atoms with Gasteiger partial charge in [-0.3, -0.25) is 4.79 Å². The van der Waals surface area contributed by atoms with E-state index in [1.807, 2.05) is 6.07 Å². The molecule has 0 bridgehead atoms. The number of aromatic amines is 1. The van der Waals surface area contributed by atoms with Gasteiger partial charge in [-0.25, -0.2) is 4.98 Å². The molecule has 0 atom stereocenters. The van der Waals surface area contributed by atoms with Crippen LogP contribution < -0.4 is 0 Å². The van der Waals surface area contributed by atoms with E-state index in [-0.39, 0.29) is 6.42 Å². The summed E-state index contributed by atoms with van der Waals surface area (Å²) in [6.07, 6.45) is -0.0129. The molecule has 0 aliphatic heterocycles. The molecule has 0 spiro atoms. The zero-order valence-electron chi connectivity index (χ0n) is 7.42. The molecule has 15 heavy (non-hydrogen) atoms. The van der Waals surface area contributed by atoms with Gasteiger partial charge in [-0.1, -0.05) is 6.07 Å².